The molecule has 0 aromatic heterocycles. The molecular formula is C15H9Cl3O3. The summed E-state index contributed by atoms with van der Waals surface area (Å²) >= 11 is 17.9. The van der Waals surface area contributed by atoms with Crippen LogP contribution >= 0.6 is 34.8 Å². The lowest BCUT2D eigenvalue weighted by Crippen LogP contribution is -1.88. The minimum Gasteiger partial charge on any atom is -0.478 e. The molecule has 1 N–H and O–H groups in total. The minimum absolute atomic E-state index is 0.370. The maximum absolute atomic E-state index is 10.5. The highest BCUT2D eigenvalue weighted by Gasteiger charge is 2.06. The smallest absolute Gasteiger partial charge is 0.328 e. The van der Waals surface area contributed by atoms with Gasteiger partial charge in [0, 0.05) is 11.1 Å². The highest BCUT2D eigenvalue weighted by molar-refractivity contribution is 6.35. The molecular weight excluding hydrogens is 335 g/mol. The number of halogens is 3. The molecule has 0 fully saturated rings. The Morgan fingerprint density at radius 3 is 2.43 bits per heavy atom. The highest BCUT2D eigenvalue weighted by Crippen LogP contribution is 2.33. The molecule has 108 valence electrons. The molecule has 0 unspecified atom stereocenters. The summed E-state index contributed by atoms with van der Waals surface area (Å²) in [5.74, 6) is -0.109. The number of hydrogen-bond acceptors (Lipinski definition) is 2. The lowest BCUT2D eigenvalue weighted by atomic mass is 10.2. The molecule has 0 saturated carbocycles. The van der Waals surface area contributed by atoms with Crippen molar-refractivity contribution < 1.29 is 14.6 Å². The number of aliphatic carboxylic acids is 1. The van der Waals surface area contributed by atoms with Gasteiger partial charge in [-0.05, 0) is 48.0 Å². The summed E-state index contributed by atoms with van der Waals surface area (Å²) < 4.78 is 5.61. The lowest BCUT2D eigenvalue weighted by molar-refractivity contribution is -0.131. The standard InChI is InChI=1S/C15H9Cl3O3/c16-10-3-5-14(13(18)7-10)21-11-4-1-9(12(17)8-11)2-6-15(19)20/h1-8H,(H,19,20)/b6-2+. The SMILES string of the molecule is O=C(O)/C=C/c1ccc(Oc2ccc(Cl)cc2Cl)cc1Cl. The average molecular weight is 344 g/mol. The van der Waals surface area contributed by atoms with Gasteiger partial charge < -0.3 is 9.84 Å². The Bertz CT molecular complexity index is 711. The van der Waals surface area contributed by atoms with Gasteiger partial charge in [-0.2, -0.15) is 0 Å². The zero-order chi connectivity index (χ0) is 15.4. The number of ether oxygens (including phenoxy) is 1. The van der Waals surface area contributed by atoms with Crippen molar-refractivity contribution in [2.24, 2.45) is 0 Å². The molecule has 0 saturated heterocycles. The molecule has 0 atom stereocenters. The van der Waals surface area contributed by atoms with Crippen molar-refractivity contribution in [1.82, 2.24) is 0 Å². The van der Waals surface area contributed by atoms with E-state index < -0.39 is 5.97 Å². The van der Waals surface area contributed by atoms with Crippen LogP contribution in [0.25, 0.3) is 6.08 Å². The summed E-state index contributed by atoms with van der Waals surface area (Å²) in [7, 11) is 0. The average Bonchev–Trinajstić information content (AvgIpc) is 2.41. The van der Waals surface area contributed by atoms with Crippen LogP contribution in [0.5, 0.6) is 11.5 Å². The summed E-state index contributed by atoms with van der Waals surface area (Å²) in [6.45, 7) is 0. The second-order valence-electron chi connectivity index (χ2n) is 4.03. The second-order valence-corrected chi connectivity index (χ2v) is 5.28. The van der Waals surface area contributed by atoms with E-state index in [1.54, 1.807) is 36.4 Å². The number of carbonyl (C=O) groups is 1. The first-order chi connectivity index (χ1) is 9.95. The van der Waals surface area contributed by atoms with Crippen molar-refractivity contribution in [2.75, 3.05) is 0 Å². The van der Waals surface area contributed by atoms with E-state index in [2.05, 4.69) is 0 Å². The summed E-state index contributed by atoms with van der Waals surface area (Å²) in [6, 6.07) is 9.78. The number of rotatable bonds is 4. The van der Waals surface area contributed by atoms with E-state index >= 15 is 0 Å². The van der Waals surface area contributed by atoms with Crippen molar-refractivity contribution in [3.05, 3.63) is 63.1 Å². The molecule has 0 aliphatic heterocycles. The lowest BCUT2D eigenvalue weighted by Gasteiger charge is -2.09. The quantitative estimate of drug-likeness (QED) is 0.742. The van der Waals surface area contributed by atoms with Crippen molar-refractivity contribution in [1.29, 1.82) is 0 Å². The minimum atomic E-state index is -1.04. The van der Waals surface area contributed by atoms with Gasteiger partial charge >= 0.3 is 5.97 Å². The van der Waals surface area contributed by atoms with E-state index in [0.717, 1.165) is 6.08 Å². The van der Waals surface area contributed by atoms with Crippen LogP contribution in [0, 0.1) is 0 Å². The van der Waals surface area contributed by atoms with Gasteiger partial charge in [0.15, 0.2) is 0 Å². The van der Waals surface area contributed by atoms with Gasteiger partial charge in [0.1, 0.15) is 11.5 Å². The van der Waals surface area contributed by atoms with E-state index in [9.17, 15) is 4.79 Å². The fourth-order valence-electron chi connectivity index (χ4n) is 1.55. The molecule has 21 heavy (non-hydrogen) atoms. The normalized spacial score (nSPS) is 10.8. The third-order valence-corrected chi connectivity index (χ3v) is 3.36. The Labute approximate surface area is 136 Å². The number of carboxylic acids is 1. The molecule has 6 heteroatoms. The van der Waals surface area contributed by atoms with Gasteiger partial charge in [0.25, 0.3) is 0 Å². The Kier molecular flexibility index (Phi) is 5.12. The Balaban J connectivity index is 2.22. The van der Waals surface area contributed by atoms with E-state index in [0.29, 0.717) is 32.1 Å². The monoisotopic (exact) mass is 342 g/mol. The van der Waals surface area contributed by atoms with Crippen LogP contribution in [-0.2, 0) is 4.79 Å². The molecule has 3 nitrogen and oxygen atoms in total. The molecule has 2 aromatic carbocycles. The maximum atomic E-state index is 10.5. The van der Waals surface area contributed by atoms with E-state index in [-0.39, 0.29) is 0 Å². The molecule has 2 rings (SSSR count). The largest absolute Gasteiger partial charge is 0.478 e. The molecule has 0 radical (unpaired) electrons. The van der Waals surface area contributed by atoms with Crippen LogP contribution in [-0.4, -0.2) is 11.1 Å². The molecule has 0 heterocycles. The van der Waals surface area contributed by atoms with E-state index in [4.69, 9.17) is 44.6 Å². The fourth-order valence-corrected chi connectivity index (χ4v) is 2.23. The van der Waals surface area contributed by atoms with Gasteiger partial charge in [0.2, 0.25) is 0 Å². The van der Waals surface area contributed by atoms with Crippen LogP contribution in [0.4, 0.5) is 0 Å². The fraction of sp³-hybridized carbons (Fsp3) is 0. The summed E-state index contributed by atoms with van der Waals surface area (Å²) in [4.78, 5) is 10.5. The van der Waals surface area contributed by atoms with Crippen LogP contribution in [0.3, 0.4) is 0 Å². The van der Waals surface area contributed by atoms with Gasteiger partial charge in [-0.3, -0.25) is 0 Å². The number of benzene rings is 2. The Morgan fingerprint density at radius 1 is 1.05 bits per heavy atom. The topological polar surface area (TPSA) is 46.5 Å². The zero-order valence-corrected chi connectivity index (χ0v) is 12.8. The van der Waals surface area contributed by atoms with Crippen molar-refractivity contribution in [3.63, 3.8) is 0 Å². The van der Waals surface area contributed by atoms with E-state index in [1.165, 1.54) is 6.08 Å². The van der Waals surface area contributed by atoms with Gasteiger partial charge in [-0.15, -0.1) is 0 Å². The third-order valence-electron chi connectivity index (χ3n) is 2.50. The van der Waals surface area contributed by atoms with Gasteiger partial charge in [-0.1, -0.05) is 34.8 Å². The Hall–Kier alpha value is -1.68. The van der Waals surface area contributed by atoms with Crippen LogP contribution in [0.1, 0.15) is 5.56 Å². The summed E-state index contributed by atoms with van der Waals surface area (Å²) in [5, 5.41) is 9.85. The van der Waals surface area contributed by atoms with Crippen molar-refractivity contribution in [3.8, 4) is 11.5 Å². The van der Waals surface area contributed by atoms with E-state index in [1.807, 2.05) is 0 Å². The van der Waals surface area contributed by atoms with Gasteiger partial charge in [-0.25, -0.2) is 4.79 Å². The zero-order valence-electron chi connectivity index (χ0n) is 10.5. The molecule has 2 aromatic rings. The molecule has 0 bridgehead atoms. The molecule has 0 aliphatic carbocycles. The first kappa shape index (κ1) is 15.7. The molecule has 0 amide bonds. The van der Waals surface area contributed by atoms with Crippen molar-refractivity contribution in [2.45, 2.75) is 0 Å². The first-order valence-corrected chi connectivity index (χ1v) is 6.92. The maximum Gasteiger partial charge on any atom is 0.328 e. The molecule has 0 aliphatic rings. The summed E-state index contributed by atoms with van der Waals surface area (Å²) in [6.07, 6.45) is 2.42. The van der Waals surface area contributed by atoms with Crippen LogP contribution in [0.15, 0.2) is 42.5 Å². The number of hydrogen-bond donors (Lipinski definition) is 1. The van der Waals surface area contributed by atoms with Crippen LogP contribution < -0.4 is 4.74 Å². The second kappa shape index (κ2) is 6.85. The predicted octanol–water partition coefficient (Wildman–Crippen LogP) is 5.54. The van der Waals surface area contributed by atoms with Gasteiger partial charge in [0.05, 0.1) is 10.0 Å². The predicted molar refractivity (Wildman–Crippen MR) is 84.7 cm³/mol. The third kappa shape index (κ3) is 4.39. The molecule has 0 spiro atoms. The van der Waals surface area contributed by atoms with Crippen molar-refractivity contribution >= 4 is 46.8 Å². The number of carboxylic acid groups (broad SMARTS) is 1. The highest BCUT2D eigenvalue weighted by atomic mass is 35.5. The Morgan fingerprint density at radius 2 is 1.81 bits per heavy atom. The van der Waals surface area contributed by atoms with Crippen LogP contribution in [0.2, 0.25) is 15.1 Å². The summed E-state index contributed by atoms with van der Waals surface area (Å²) in [5.41, 5.74) is 0.577. The first-order valence-electron chi connectivity index (χ1n) is 5.79.